The standard InChI is InChI=1S/C18H22N4/c1-2-3-8-14(18(20)17-10-5-7-12-22-17)13-15(19)16-9-4-6-11-21-16/h4-7,9-12,14,19-20H,2-3,8,13H2,1H3. The number of unbranched alkanes of at least 4 members (excludes halogenated alkanes) is 1. The van der Waals surface area contributed by atoms with E-state index in [-0.39, 0.29) is 5.92 Å². The van der Waals surface area contributed by atoms with E-state index in [0.717, 1.165) is 19.3 Å². The van der Waals surface area contributed by atoms with Crippen LogP contribution in [-0.2, 0) is 0 Å². The van der Waals surface area contributed by atoms with Crippen molar-refractivity contribution in [3.05, 3.63) is 60.2 Å². The summed E-state index contributed by atoms with van der Waals surface area (Å²) in [6, 6.07) is 11.2. The van der Waals surface area contributed by atoms with Gasteiger partial charge in [-0.3, -0.25) is 9.97 Å². The fourth-order valence-electron chi connectivity index (χ4n) is 2.42. The van der Waals surface area contributed by atoms with Gasteiger partial charge in [-0.05, 0) is 37.1 Å². The maximum Gasteiger partial charge on any atom is 0.0840 e. The topological polar surface area (TPSA) is 73.5 Å². The van der Waals surface area contributed by atoms with Crippen molar-refractivity contribution in [3.63, 3.8) is 0 Å². The van der Waals surface area contributed by atoms with Crippen LogP contribution in [-0.4, -0.2) is 21.4 Å². The molecule has 4 heteroatoms. The van der Waals surface area contributed by atoms with Crippen molar-refractivity contribution in [2.24, 2.45) is 5.92 Å². The molecule has 0 aliphatic carbocycles. The Labute approximate surface area is 131 Å². The van der Waals surface area contributed by atoms with Crippen molar-refractivity contribution in [3.8, 4) is 0 Å². The summed E-state index contributed by atoms with van der Waals surface area (Å²) in [4.78, 5) is 8.51. The molecule has 2 aromatic heterocycles. The Kier molecular flexibility index (Phi) is 5.95. The molecule has 0 amide bonds. The van der Waals surface area contributed by atoms with Crippen molar-refractivity contribution >= 4 is 11.4 Å². The fourth-order valence-corrected chi connectivity index (χ4v) is 2.42. The van der Waals surface area contributed by atoms with Gasteiger partial charge in [0.25, 0.3) is 0 Å². The Hall–Kier alpha value is -2.36. The van der Waals surface area contributed by atoms with Crippen LogP contribution in [0.25, 0.3) is 0 Å². The molecule has 0 fully saturated rings. The molecule has 0 spiro atoms. The second-order valence-corrected chi connectivity index (χ2v) is 5.37. The van der Waals surface area contributed by atoms with Crippen molar-refractivity contribution in [2.75, 3.05) is 0 Å². The van der Waals surface area contributed by atoms with E-state index in [4.69, 9.17) is 10.8 Å². The third-order valence-corrected chi connectivity index (χ3v) is 3.68. The van der Waals surface area contributed by atoms with E-state index in [1.54, 1.807) is 12.4 Å². The van der Waals surface area contributed by atoms with Gasteiger partial charge in [0.15, 0.2) is 0 Å². The Morgan fingerprint density at radius 2 is 1.64 bits per heavy atom. The molecule has 1 unspecified atom stereocenters. The summed E-state index contributed by atoms with van der Waals surface area (Å²) < 4.78 is 0. The lowest BCUT2D eigenvalue weighted by molar-refractivity contribution is 0.595. The molecule has 0 radical (unpaired) electrons. The number of pyridine rings is 2. The number of nitrogens with zero attached hydrogens (tertiary/aromatic N) is 2. The van der Waals surface area contributed by atoms with E-state index in [9.17, 15) is 0 Å². The first-order valence-corrected chi connectivity index (χ1v) is 7.71. The highest BCUT2D eigenvalue weighted by atomic mass is 14.7. The van der Waals surface area contributed by atoms with Crippen LogP contribution < -0.4 is 0 Å². The lowest BCUT2D eigenvalue weighted by atomic mass is 9.88. The van der Waals surface area contributed by atoms with Crippen molar-refractivity contribution in [1.29, 1.82) is 10.8 Å². The monoisotopic (exact) mass is 294 g/mol. The van der Waals surface area contributed by atoms with Crippen molar-refractivity contribution in [1.82, 2.24) is 9.97 Å². The molecule has 0 saturated heterocycles. The minimum absolute atomic E-state index is 0.0179. The Bertz CT molecular complexity index is 607. The van der Waals surface area contributed by atoms with Crippen molar-refractivity contribution < 1.29 is 0 Å². The summed E-state index contributed by atoms with van der Waals surface area (Å²) in [6.07, 6.45) is 6.99. The maximum absolute atomic E-state index is 8.44. The van der Waals surface area contributed by atoms with E-state index in [1.807, 2.05) is 36.4 Å². The predicted molar refractivity (Wildman–Crippen MR) is 89.8 cm³/mol. The first-order chi connectivity index (χ1) is 10.7. The molecule has 2 rings (SSSR count). The Morgan fingerprint density at radius 1 is 1.00 bits per heavy atom. The molecule has 2 heterocycles. The molecule has 0 aromatic carbocycles. The highest BCUT2D eigenvalue weighted by Crippen LogP contribution is 2.20. The van der Waals surface area contributed by atoms with Gasteiger partial charge >= 0.3 is 0 Å². The first-order valence-electron chi connectivity index (χ1n) is 7.71. The normalized spacial score (nSPS) is 11.9. The summed E-state index contributed by atoms with van der Waals surface area (Å²) >= 11 is 0. The molecule has 22 heavy (non-hydrogen) atoms. The minimum atomic E-state index is 0.0179. The maximum atomic E-state index is 8.44. The van der Waals surface area contributed by atoms with Crippen LogP contribution in [0.4, 0.5) is 0 Å². The van der Waals surface area contributed by atoms with Gasteiger partial charge in [0, 0.05) is 18.3 Å². The second-order valence-electron chi connectivity index (χ2n) is 5.37. The molecule has 0 aliphatic heterocycles. The van der Waals surface area contributed by atoms with Gasteiger partial charge in [0.2, 0.25) is 0 Å². The van der Waals surface area contributed by atoms with Crippen LogP contribution in [0.1, 0.15) is 44.0 Å². The van der Waals surface area contributed by atoms with Gasteiger partial charge < -0.3 is 10.8 Å². The zero-order valence-corrected chi connectivity index (χ0v) is 12.9. The van der Waals surface area contributed by atoms with Gasteiger partial charge in [-0.1, -0.05) is 31.9 Å². The van der Waals surface area contributed by atoms with Gasteiger partial charge in [-0.25, -0.2) is 0 Å². The summed E-state index contributed by atoms with van der Waals surface area (Å²) in [5, 5.41) is 16.7. The molecular formula is C18H22N4. The number of hydrogen-bond acceptors (Lipinski definition) is 4. The second kappa shape index (κ2) is 8.17. The van der Waals surface area contributed by atoms with E-state index in [1.165, 1.54) is 0 Å². The smallest absolute Gasteiger partial charge is 0.0840 e. The minimum Gasteiger partial charge on any atom is -0.303 e. The van der Waals surface area contributed by atoms with Gasteiger partial charge in [0.1, 0.15) is 0 Å². The van der Waals surface area contributed by atoms with Crippen LogP contribution in [0, 0.1) is 16.7 Å². The van der Waals surface area contributed by atoms with Crippen LogP contribution in [0.3, 0.4) is 0 Å². The van der Waals surface area contributed by atoms with E-state index in [2.05, 4.69) is 16.9 Å². The van der Waals surface area contributed by atoms with Crippen LogP contribution in [0.15, 0.2) is 48.8 Å². The Morgan fingerprint density at radius 3 is 2.18 bits per heavy atom. The number of nitrogens with one attached hydrogen (secondary N) is 2. The molecule has 0 aliphatic rings. The van der Waals surface area contributed by atoms with Gasteiger partial charge in [-0.2, -0.15) is 0 Å². The number of rotatable bonds is 8. The first kappa shape index (κ1) is 16.0. The quantitative estimate of drug-likeness (QED) is 0.719. The van der Waals surface area contributed by atoms with E-state index >= 15 is 0 Å². The zero-order chi connectivity index (χ0) is 15.8. The average Bonchev–Trinajstić information content (AvgIpc) is 2.59. The molecule has 2 aromatic rings. The molecule has 114 valence electrons. The molecule has 2 N–H and O–H groups in total. The summed E-state index contributed by atoms with van der Waals surface area (Å²) in [5.74, 6) is 0.0179. The SMILES string of the molecule is CCCCC(CC(=N)c1ccccn1)C(=N)c1ccccn1. The predicted octanol–water partition coefficient (Wildman–Crippen LogP) is 4.11. The summed E-state index contributed by atoms with van der Waals surface area (Å²) in [5.41, 5.74) is 2.41. The van der Waals surface area contributed by atoms with E-state index < -0.39 is 0 Å². The van der Waals surface area contributed by atoms with Crippen LogP contribution in [0.2, 0.25) is 0 Å². The third kappa shape index (κ3) is 4.32. The molecule has 4 nitrogen and oxygen atoms in total. The lowest BCUT2D eigenvalue weighted by Crippen LogP contribution is -2.20. The Balaban J connectivity index is 2.12. The summed E-state index contributed by atoms with van der Waals surface area (Å²) in [6.45, 7) is 2.14. The van der Waals surface area contributed by atoms with Gasteiger partial charge in [-0.15, -0.1) is 0 Å². The number of hydrogen-bond donors (Lipinski definition) is 2. The lowest BCUT2D eigenvalue weighted by Gasteiger charge is -2.18. The molecule has 0 saturated carbocycles. The van der Waals surface area contributed by atoms with E-state index in [0.29, 0.717) is 29.2 Å². The van der Waals surface area contributed by atoms with Crippen LogP contribution in [0.5, 0.6) is 0 Å². The van der Waals surface area contributed by atoms with Crippen LogP contribution >= 0.6 is 0 Å². The molecular weight excluding hydrogens is 272 g/mol. The van der Waals surface area contributed by atoms with Crippen molar-refractivity contribution in [2.45, 2.75) is 32.6 Å². The average molecular weight is 294 g/mol. The largest absolute Gasteiger partial charge is 0.303 e. The molecule has 1 atom stereocenters. The number of aromatic nitrogens is 2. The fraction of sp³-hybridized carbons (Fsp3) is 0.333. The highest BCUT2D eigenvalue weighted by molar-refractivity contribution is 6.04. The highest BCUT2D eigenvalue weighted by Gasteiger charge is 2.19. The third-order valence-electron chi connectivity index (χ3n) is 3.68. The molecule has 0 bridgehead atoms. The summed E-state index contributed by atoms with van der Waals surface area (Å²) in [7, 11) is 0. The van der Waals surface area contributed by atoms with Gasteiger partial charge in [0.05, 0.1) is 22.8 Å². The zero-order valence-electron chi connectivity index (χ0n) is 12.9.